The van der Waals surface area contributed by atoms with Crippen LogP contribution in [-0.4, -0.2) is 37.9 Å². The number of carboxylic acids is 1. The van der Waals surface area contributed by atoms with Crippen LogP contribution in [0.25, 0.3) is 0 Å². The van der Waals surface area contributed by atoms with Gasteiger partial charge in [0.2, 0.25) is 0 Å². The molecule has 0 spiro atoms. The lowest BCUT2D eigenvalue weighted by atomic mass is 9.97. The number of sulfonamides is 1. The molecule has 0 amide bonds. The third-order valence-corrected chi connectivity index (χ3v) is 8.19. The topological polar surface area (TPSA) is 74.3 Å². The lowest BCUT2D eigenvalue weighted by molar-refractivity contribution is -0.811. The Morgan fingerprint density at radius 2 is 2.05 bits per heavy atom. The Kier molecular flexibility index (Phi) is 4.44. The van der Waals surface area contributed by atoms with Crippen molar-refractivity contribution < 1.29 is 22.2 Å². The lowest BCUT2D eigenvalue weighted by Crippen LogP contribution is -2.57. The predicted molar refractivity (Wildman–Crippen MR) is 74.8 cm³/mol. The molecular formula is C12H16ClNO4S2. The molecule has 1 fully saturated rings. The first-order valence-corrected chi connectivity index (χ1v) is 9.03. The van der Waals surface area contributed by atoms with E-state index < -0.39 is 21.9 Å². The summed E-state index contributed by atoms with van der Waals surface area (Å²) < 4.78 is 26.2. The van der Waals surface area contributed by atoms with Crippen molar-refractivity contribution in [2.75, 3.05) is 19.6 Å². The summed E-state index contributed by atoms with van der Waals surface area (Å²) in [6, 6.07) is 3.09. The number of hydrogen-bond donors (Lipinski definition) is 0. The highest BCUT2D eigenvalue weighted by molar-refractivity contribution is 7.88. The summed E-state index contributed by atoms with van der Waals surface area (Å²) in [5.41, 5.74) is 0. The summed E-state index contributed by atoms with van der Waals surface area (Å²) in [7, 11) is -3.54. The van der Waals surface area contributed by atoms with Crippen LogP contribution in [0.3, 0.4) is 0 Å². The molecule has 0 unspecified atom stereocenters. The minimum Gasteiger partial charge on any atom is -0.550 e. The zero-order valence-electron chi connectivity index (χ0n) is 11.0. The number of likely N-dealkylation sites (tertiary alicyclic amines) is 1. The van der Waals surface area contributed by atoms with E-state index in [2.05, 4.69) is 0 Å². The maximum absolute atomic E-state index is 12.8. The Balaban J connectivity index is 2.31. The van der Waals surface area contributed by atoms with Crippen LogP contribution < -0.4 is 5.11 Å². The first kappa shape index (κ1) is 15.8. The molecule has 0 bridgehead atoms. The molecule has 0 radical (unpaired) electrons. The van der Waals surface area contributed by atoms with E-state index >= 15 is 0 Å². The molecule has 8 heteroatoms. The second kappa shape index (κ2) is 5.63. The van der Waals surface area contributed by atoms with E-state index in [9.17, 15) is 18.3 Å². The van der Waals surface area contributed by atoms with Crippen LogP contribution in [0.2, 0.25) is 4.34 Å². The number of carbonyl (C=O) groups excluding carboxylic acids is 1. The molecule has 20 heavy (non-hydrogen) atoms. The quantitative estimate of drug-likeness (QED) is 0.771. The summed E-state index contributed by atoms with van der Waals surface area (Å²) in [5.74, 6) is -1.63. The summed E-state index contributed by atoms with van der Waals surface area (Å²) in [4.78, 5) is 10.9. The second-order valence-corrected chi connectivity index (χ2v) is 9.09. The van der Waals surface area contributed by atoms with Gasteiger partial charge in [0.25, 0.3) is 0 Å². The average molecular weight is 338 g/mol. The number of piperidine rings is 1. The minimum atomic E-state index is -3.54. The average Bonchev–Trinajstić information content (AvgIpc) is 2.86. The van der Waals surface area contributed by atoms with Gasteiger partial charge in [-0.3, -0.25) is 0 Å². The van der Waals surface area contributed by atoms with Crippen LogP contribution in [0.15, 0.2) is 16.3 Å². The molecule has 1 aliphatic heterocycles. The molecule has 2 heterocycles. The van der Waals surface area contributed by atoms with Crippen LogP contribution >= 0.6 is 22.9 Å². The van der Waals surface area contributed by atoms with E-state index in [1.165, 1.54) is 6.07 Å². The SMILES string of the molecule is CC[N+]1(S(=O)(=O)c2ccc(Cl)s2)CCC(C(=O)[O-])CC1. The van der Waals surface area contributed by atoms with E-state index in [0.717, 1.165) is 11.3 Å². The van der Waals surface area contributed by atoms with Gasteiger partial charge in [-0.1, -0.05) is 11.6 Å². The molecule has 0 atom stereocenters. The molecule has 0 N–H and O–H groups in total. The zero-order chi connectivity index (χ0) is 15.0. The van der Waals surface area contributed by atoms with Gasteiger partial charge in [0.15, 0.2) is 4.21 Å². The Bertz CT molecular complexity index is 603. The van der Waals surface area contributed by atoms with Gasteiger partial charge in [-0.05, 0) is 19.1 Å². The fourth-order valence-electron chi connectivity index (χ4n) is 2.63. The summed E-state index contributed by atoms with van der Waals surface area (Å²) in [5, 5.41) is 10.9. The highest BCUT2D eigenvalue weighted by Gasteiger charge is 2.45. The molecule has 0 saturated carbocycles. The second-order valence-electron chi connectivity index (χ2n) is 4.95. The van der Waals surface area contributed by atoms with Crippen LogP contribution in [0.5, 0.6) is 0 Å². The number of halogens is 1. The number of thiophene rings is 1. The maximum Gasteiger partial charge on any atom is 0.336 e. The molecule has 1 aromatic rings. The van der Waals surface area contributed by atoms with Crippen LogP contribution in [0.1, 0.15) is 19.8 Å². The van der Waals surface area contributed by atoms with Gasteiger partial charge in [0.1, 0.15) is 0 Å². The van der Waals surface area contributed by atoms with E-state index in [4.69, 9.17) is 11.6 Å². The molecule has 2 rings (SSSR count). The van der Waals surface area contributed by atoms with Crippen molar-refractivity contribution in [1.29, 1.82) is 0 Å². The van der Waals surface area contributed by atoms with Crippen LogP contribution in [0.4, 0.5) is 0 Å². The molecule has 0 aromatic carbocycles. The number of nitrogens with zero attached hydrogens (tertiary/aromatic N) is 1. The van der Waals surface area contributed by atoms with Gasteiger partial charge in [-0.15, -0.1) is 11.3 Å². The third kappa shape index (κ3) is 2.59. The van der Waals surface area contributed by atoms with E-state index in [1.54, 1.807) is 6.07 Å². The monoisotopic (exact) mass is 337 g/mol. The van der Waals surface area contributed by atoms with Crippen molar-refractivity contribution in [3.05, 3.63) is 16.5 Å². The molecule has 1 saturated heterocycles. The molecule has 1 aliphatic rings. The summed E-state index contributed by atoms with van der Waals surface area (Å²) in [6.45, 7) is 2.82. The normalized spacial score (nSPS) is 27.4. The molecule has 5 nitrogen and oxygen atoms in total. The molecule has 0 aliphatic carbocycles. The lowest BCUT2D eigenvalue weighted by Gasteiger charge is -2.41. The number of quaternary nitrogens is 1. The van der Waals surface area contributed by atoms with E-state index in [0.29, 0.717) is 36.8 Å². The Hall–Kier alpha value is -0.630. The fourth-order valence-corrected chi connectivity index (χ4v) is 6.36. The Morgan fingerprint density at radius 1 is 1.45 bits per heavy atom. The fraction of sp³-hybridized carbons (Fsp3) is 0.583. The molecule has 112 valence electrons. The van der Waals surface area contributed by atoms with Gasteiger partial charge in [0.05, 0.1) is 24.0 Å². The Labute approximate surface area is 127 Å². The van der Waals surface area contributed by atoms with Gasteiger partial charge in [-0.2, -0.15) is 8.42 Å². The highest BCUT2D eigenvalue weighted by Crippen LogP contribution is 2.35. The highest BCUT2D eigenvalue weighted by atomic mass is 35.5. The smallest absolute Gasteiger partial charge is 0.336 e. The third-order valence-electron chi connectivity index (χ3n) is 3.99. The minimum absolute atomic E-state index is 0.104. The molecular weight excluding hydrogens is 322 g/mol. The maximum atomic E-state index is 12.8. The number of aliphatic carboxylic acids is 1. The van der Waals surface area contributed by atoms with Gasteiger partial charge < -0.3 is 9.90 Å². The number of carboxylic acid groups (broad SMARTS) is 1. The van der Waals surface area contributed by atoms with Gasteiger partial charge >= 0.3 is 10.0 Å². The van der Waals surface area contributed by atoms with Crippen LogP contribution in [-0.2, 0) is 14.8 Å². The predicted octanol–water partition coefficient (Wildman–Crippen LogP) is 1.09. The van der Waals surface area contributed by atoms with Crippen molar-refractivity contribution in [3.63, 3.8) is 0 Å². The summed E-state index contributed by atoms with van der Waals surface area (Å²) in [6.07, 6.45) is 0.656. The number of rotatable bonds is 4. The Morgan fingerprint density at radius 3 is 2.45 bits per heavy atom. The largest absolute Gasteiger partial charge is 0.550 e. The van der Waals surface area contributed by atoms with Gasteiger partial charge in [0, 0.05) is 24.7 Å². The van der Waals surface area contributed by atoms with Crippen molar-refractivity contribution >= 4 is 38.9 Å². The van der Waals surface area contributed by atoms with Crippen molar-refractivity contribution in [3.8, 4) is 0 Å². The number of hydrogen-bond acceptors (Lipinski definition) is 5. The van der Waals surface area contributed by atoms with E-state index in [-0.39, 0.29) is 8.10 Å². The first-order valence-electron chi connectivity index (χ1n) is 6.40. The van der Waals surface area contributed by atoms with E-state index in [1.807, 2.05) is 6.92 Å². The van der Waals surface area contributed by atoms with Crippen molar-refractivity contribution in [1.82, 2.24) is 0 Å². The number of carbonyl (C=O) groups is 1. The van der Waals surface area contributed by atoms with Crippen molar-refractivity contribution in [2.24, 2.45) is 5.92 Å². The zero-order valence-corrected chi connectivity index (χ0v) is 13.4. The first-order chi connectivity index (χ1) is 9.32. The van der Waals surface area contributed by atoms with Gasteiger partial charge in [-0.25, -0.2) is 3.89 Å². The molecule has 1 aromatic heterocycles. The standard InChI is InChI=1S/C12H16ClNO4S2/c1-2-14(7-5-9(6-8-14)12(15)16)20(17,18)11-4-3-10(13)19-11/h3-4,9H,2,5-8H2,1H3. The van der Waals surface area contributed by atoms with Crippen molar-refractivity contribution in [2.45, 2.75) is 24.0 Å². The van der Waals surface area contributed by atoms with Crippen LogP contribution in [0, 0.1) is 5.92 Å². The summed E-state index contributed by atoms with van der Waals surface area (Å²) >= 11 is 6.86.